The highest BCUT2D eigenvalue weighted by atomic mass is 16.5. The molecule has 7 nitrogen and oxygen atoms in total. The Kier molecular flexibility index (Phi) is 6.58. The molecule has 1 aromatic carbocycles. The molecule has 1 aromatic heterocycles. The van der Waals surface area contributed by atoms with Crippen molar-refractivity contribution in [3.05, 3.63) is 40.4 Å². The Morgan fingerprint density at radius 3 is 2.81 bits per heavy atom. The first-order chi connectivity index (χ1) is 13.0. The van der Waals surface area contributed by atoms with E-state index in [2.05, 4.69) is 34.0 Å². The molecular weight excluding hydrogens is 344 g/mol. The highest BCUT2D eigenvalue weighted by Gasteiger charge is 2.21. The number of hydrogen-bond donors (Lipinski definition) is 2. The zero-order valence-electron chi connectivity index (χ0n) is 16.0. The van der Waals surface area contributed by atoms with Crippen LogP contribution in [0.2, 0.25) is 0 Å². The van der Waals surface area contributed by atoms with Crippen LogP contribution in [0.1, 0.15) is 32.5 Å². The van der Waals surface area contributed by atoms with Crippen LogP contribution in [0.4, 0.5) is 0 Å². The molecule has 0 aliphatic carbocycles. The Bertz CT molecular complexity index is 825. The molecule has 0 saturated carbocycles. The molecule has 2 heterocycles. The summed E-state index contributed by atoms with van der Waals surface area (Å²) in [6.45, 7) is 7.44. The summed E-state index contributed by atoms with van der Waals surface area (Å²) in [5.74, 6) is 0.662. The van der Waals surface area contributed by atoms with Crippen molar-refractivity contribution in [1.29, 1.82) is 0 Å². The lowest BCUT2D eigenvalue weighted by molar-refractivity contribution is -0.121. The van der Waals surface area contributed by atoms with Crippen LogP contribution >= 0.6 is 0 Å². The average molecular weight is 372 g/mol. The number of aromatic nitrogens is 2. The largest absolute Gasteiger partial charge is 0.373 e. The first-order valence-corrected chi connectivity index (χ1v) is 9.63. The second kappa shape index (κ2) is 9.10. The maximum atomic E-state index is 12.0. The second-order valence-electron chi connectivity index (χ2n) is 7.25. The van der Waals surface area contributed by atoms with Gasteiger partial charge >= 0.3 is 0 Å². The van der Waals surface area contributed by atoms with Crippen LogP contribution in [0, 0.1) is 0 Å². The van der Waals surface area contributed by atoms with E-state index in [9.17, 15) is 9.59 Å². The number of amides is 1. The Morgan fingerprint density at radius 1 is 1.30 bits per heavy atom. The van der Waals surface area contributed by atoms with E-state index in [0.29, 0.717) is 42.5 Å². The molecular formula is C20H28N4O3. The summed E-state index contributed by atoms with van der Waals surface area (Å²) in [6, 6.07) is 7.27. The lowest BCUT2D eigenvalue weighted by Gasteiger charge is -2.35. The van der Waals surface area contributed by atoms with Gasteiger partial charge in [0.15, 0.2) is 0 Å². The van der Waals surface area contributed by atoms with Gasteiger partial charge in [-0.25, -0.2) is 4.98 Å². The molecule has 2 N–H and O–H groups in total. The summed E-state index contributed by atoms with van der Waals surface area (Å²) in [6.07, 6.45) is 2.12. The van der Waals surface area contributed by atoms with Gasteiger partial charge in [-0.1, -0.05) is 12.1 Å². The van der Waals surface area contributed by atoms with Crippen LogP contribution in [-0.4, -0.2) is 59.2 Å². The standard InChI is InChI=1S/C20H28N4O3/c1-14-12-24(13-15(2)27-14)11-10-21-19(25)9-5-8-18-22-17-7-4-3-6-16(17)20(26)23-18/h3-4,6-7,14-15H,5,8-13H2,1-2H3,(H,21,25)(H,22,23,26). The number of benzene rings is 1. The van der Waals surface area contributed by atoms with Crippen LogP contribution < -0.4 is 10.9 Å². The molecule has 2 aromatic rings. The molecule has 1 aliphatic heterocycles. The minimum atomic E-state index is -0.131. The van der Waals surface area contributed by atoms with Gasteiger partial charge in [0.05, 0.1) is 23.1 Å². The van der Waals surface area contributed by atoms with E-state index in [1.807, 2.05) is 18.2 Å². The van der Waals surface area contributed by atoms with Gasteiger partial charge in [0.2, 0.25) is 5.91 Å². The number of para-hydroxylation sites is 1. The first-order valence-electron chi connectivity index (χ1n) is 9.63. The minimum absolute atomic E-state index is 0.0347. The van der Waals surface area contributed by atoms with E-state index in [0.717, 1.165) is 19.6 Å². The number of nitrogens with zero attached hydrogens (tertiary/aromatic N) is 2. The fourth-order valence-corrected chi connectivity index (χ4v) is 3.58. The lowest BCUT2D eigenvalue weighted by Crippen LogP contribution is -2.47. The molecule has 2 atom stereocenters. The van der Waals surface area contributed by atoms with E-state index in [4.69, 9.17) is 4.74 Å². The number of hydrogen-bond acceptors (Lipinski definition) is 5. The van der Waals surface area contributed by atoms with Crippen molar-refractivity contribution in [2.45, 2.75) is 45.3 Å². The summed E-state index contributed by atoms with van der Waals surface area (Å²) in [7, 11) is 0. The van der Waals surface area contributed by atoms with Crippen LogP contribution in [0.5, 0.6) is 0 Å². The molecule has 1 fully saturated rings. The first kappa shape index (κ1) is 19.5. The predicted molar refractivity (Wildman–Crippen MR) is 105 cm³/mol. The van der Waals surface area contributed by atoms with Gasteiger partial charge in [0.25, 0.3) is 5.56 Å². The highest BCUT2D eigenvalue weighted by Crippen LogP contribution is 2.10. The molecule has 1 aliphatic rings. The summed E-state index contributed by atoms with van der Waals surface area (Å²) in [4.78, 5) is 33.7. The SMILES string of the molecule is CC1CN(CCNC(=O)CCCc2nc3ccccc3c(=O)[nH]2)CC(C)O1. The highest BCUT2D eigenvalue weighted by molar-refractivity contribution is 5.77. The molecule has 0 spiro atoms. The third-order valence-corrected chi connectivity index (χ3v) is 4.72. The van der Waals surface area contributed by atoms with Crippen LogP contribution in [-0.2, 0) is 16.0 Å². The molecule has 7 heteroatoms. The van der Waals surface area contributed by atoms with Gasteiger partial charge in [-0.3, -0.25) is 14.5 Å². The topological polar surface area (TPSA) is 87.3 Å². The van der Waals surface area contributed by atoms with Gasteiger partial charge < -0.3 is 15.0 Å². The van der Waals surface area contributed by atoms with Crippen molar-refractivity contribution in [3.8, 4) is 0 Å². The maximum Gasteiger partial charge on any atom is 0.258 e. The maximum absolute atomic E-state index is 12.0. The van der Waals surface area contributed by atoms with Gasteiger partial charge in [-0.05, 0) is 32.4 Å². The third kappa shape index (κ3) is 5.61. The van der Waals surface area contributed by atoms with Crippen molar-refractivity contribution in [2.75, 3.05) is 26.2 Å². The number of carbonyl (C=O) groups excluding carboxylic acids is 1. The number of fused-ring (bicyclic) bond motifs is 1. The summed E-state index contributed by atoms with van der Waals surface area (Å²) >= 11 is 0. The van der Waals surface area contributed by atoms with E-state index < -0.39 is 0 Å². The fraction of sp³-hybridized carbons (Fsp3) is 0.550. The molecule has 146 valence electrons. The summed E-state index contributed by atoms with van der Waals surface area (Å²) in [5, 5.41) is 3.56. The van der Waals surface area contributed by atoms with Crippen molar-refractivity contribution in [1.82, 2.24) is 20.2 Å². The number of aromatic amines is 1. The van der Waals surface area contributed by atoms with Crippen LogP contribution in [0.15, 0.2) is 29.1 Å². The average Bonchev–Trinajstić information content (AvgIpc) is 2.61. The number of ether oxygens (including phenoxy) is 1. The van der Waals surface area contributed by atoms with E-state index in [1.54, 1.807) is 6.07 Å². The van der Waals surface area contributed by atoms with Gasteiger partial charge in [0.1, 0.15) is 5.82 Å². The van der Waals surface area contributed by atoms with Gasteiger partial charge in [-0.2, -0.15) is 0 Å². The predicted octanol–water partition coefficient (Wildman–Crippen LogP) is 1.47. The summed E-state index contributed by atoms with van der Waals surface area (Å²) in [5.41, 5.74) is 0.559. The number of H-pyrrole nitrogens is 1. The lowest BCUT2D eigenvalue weighted by atomic mass is 10.2. The Morgan fingerprint density at radius 2 is 2.04 bits per heavy atom. The van der Waals surface area contributed by atoms with Gasteiger partial charge in [-0.15, -0.1) is 0 Å². The van der Waals surface area contributed by atoms with Crippen molar-refractivity contribution >= 4 is 16.8 Å². The Balaban J connectivity index is 1.39. The van der Waals surface area contributed by atoms with Gasteiger partial charge in [0, 0.05) is 39.0 Å². The van der Waals surface area contributed by atoms with Crippen molar-refractivity contribution in [3.63, 3.8) is 0 Å². The van der Waals surface area contributed by atoms with E-state index >= 15 is 0 Å². The minimum Gasteiger partial charge on any atom is -0.373 e. The molecule has 3 rings (SSSR count). The summed E-state index contributed by atoms with van der Waals surface area (Å²) < 4.78 is 5.71. The molecule has 1 saturated heterocycles. The third-order valence-electron chi connectivity index (χ3n) is 4.72. The number of nitrogens with one attached hydrogen (secondary N) is 2. The normalized spacial score (nSPS) is 20.7. The van der Waals surface area contributed by atoms with E-state index in [-0.39, 0.29) is 23.7 Å². The van der Waals surface area contributed by atoms with Crippen LogP contribution in [0.25, 0.3) is 10.9 Å². The smallest absolute Gasteiger partial charge is 0.258 e. The Labute approximate surface area is 159 Å². The monoisotopic (exact) mass is 372 g/mol. The number of morpholine rings is 1. The zero-order valence-corrected chi connectivity index (χ0v) is 16.0. The van der Waals surface area contributed by atoms with Crippen LogP contribution in [0.3, 0.4) is 0 Å². The molecule has 0 radical (unpaired) electrons. The molecule has 27 heavy (non-hydrogen) atoms. The number of carbonyl (C=O) groups is 1. The Hall–Kier alpha value is -2.25. The number of rotatable bonds is 7. The zero-order chi connectivity index (χ0) is 19.2. The molecule has 0 bridgehead atoms. The second-order valence-corrected chi connectivity index (χ2v) is 7.25. The van der Waals surface area contributed by atoms with Crippen molar-refractivity contribution < 1.29 is 9.53 Å². The van der Waals surface area contributed by atoms with Crippen molar-refractivity contribution in [2.24, 2.45) is 0 Å². The quantitative estimate of drug-likeness (QED) is 0.769. The molecule has 2 unspecified atom stereocenters. The fourth-order valence-electron chi connectivity index (χ4n) is 3.58. The van der Waals surface area contributed by atoms with E-state index in [1.165, 1.54) is 0 Å². The number of aryl methyl sites for hydroxylation is 1. The molecule has 1 amide bonds.